The molecule has 132 valence electrons. The molecule has 0 N–H and O–H groups in total. The van der Waals surface area contributed by atoms with Gasteiger partial charge in [0.25, 0.3) is 5.91 Å². The van der Waals surface area contributed by atoms with E-state index in [9.17, 15) is 18.0 Å². The Morgan fingerprint density at radius 2 is 2.08 bits per heavy atom. The molecule has 0 atom stereocenters. The number of hydrogen-bond acceptors (Lipinski definition) is 6. The molecule has 3 aromatic rings. The largest absolute Gasteiger partial charge is 0.471 e. The maximum Gasteiger partial charge on any atom is 0.471 e. The topological polar surface area (TPSA) is 85.8 Å². The van der Waals surface area contributed by atoms with Crippen LogP contribution < -0.4 is 0 Å². The zero-order valence-corrected chi connectivity index (χ0v) is 13.1. The Morgan fingerprint density at radius 3 is 2.72 bits per heavy atom. The highest BCUT2D eigenvalue weighted by Gasteiger charge is 2.38. The summed E-state index contributed by atoms with van der Waals surface area (Å²) in [6, 6.07) is 3.02. The Bertz CT molecular complexity index is 918. The van der Waals surface area contributed by atoms with Gasteiger partial charge in [-0.2, -0.15) is 18.2 Å². The Balaban J connectivity index is 1.93. The van der Waals surface area contributed by atoms with Gasteiger partial charge in [-0.15, -0.1) is 0 Å². The summed E-state index contributed by atoms with van der Waals surface area (Å²) in [4.78, 5) is 21.0. The summed E-state index contributed by atoms with van der Waals surface area (Å²) in [5.74, 6) is -2.00. The number of amides is 1. The quantitative estimate of drug-likeness (QED) is 0.666. The number of fused-ring (bicyclic) bond motifs is 1. The molecule has 8 nitrogen and oxygen atoms in total. The SMILES string of the molecule is COCN(C)C(=O)c1cn2cc(-c3noc(C(F)(F)F)n3)ccc2n1. The summed E-state index contributed by atoms with van der Waals surface area (Å²) in [5, 5.41) is 3.32. The molecule has 1 amide bonds. The van der Waals surface area contributed by atoms with Crippen LogP contribution in [0.25, 0.3) is 17.0 Å². The van der Waals surface area contributed by atoms with E-state index in [1.165, 1.54) is 40.9 Å². The average molecular weight is 355 g/mol. The van der Waals surface area contributed by atoms with Crippen molar-refractivity contribution in [3.8, 4) is 11.4 Å². The lowest BCUT2D eigenvalue weighted by molar-refractivity contribution is -0.159. The van der Waals surface area contributed by atoms with Gasteiger partial charge in [0.15, 0.2) is 0 Å². The zero-order chi connectivity index (χ0) is 18.2. The van der Waals surface area contributed by atoms with Crippen molar-refractivity contribution >= 4 is 11.6 Å². The van der Waals surface area contributed by atoms with E-state index in [1.54, 1.807) is 7.05 Å². The second kappa shape index (κ2) is 6.16. The number of nitrogens with zero attached hydrogens (tertiary/aromatic N) is 5. The van der Waals surface area contributed by atoms with Crippen LogP contribution in [-0.2, 0) is 10.9 Å². The lowest BCUT2D eigenvalue weighted by Crippen LogP contribution is -2.28. The summed E-state index contributed by atoms with van der Waals surface area (Å²) >= 11 is 0. The molecule has 0 saturated heterocycles. The summed E-state index contributed by atoms with van der Waals surface area (Å²) in [6.45, 7) is 0.0982. The van der Waals surface area contributed by atoms with Crippen molar-refractivity contribution in [2.45, 2.75) is 6.18 Å². The number of methoxy groups -OCH3 is 1. The summed E-state index contributed by atoms with van der Waals surface area (Å²) in [5.41, 5.74) is 0.895. The first-order chi connectivity index (χ1) is 11.8. The maximum absolute atomic E-state index is 12.5. The average Bonchev–Trinajstić information content (AvgIpc) is 3.20. The van der Waals surface area contributed by atoms with Crippen LogP contribution >= 0.6 is 0 Å². The standard InChI is InChI=1S/C14H12F3N5O3/c1-21(7-24-2)12(23)9-6-22-5-8(3-4-10(22)18-9)11-19-13(25-20-11)14(15,16)17/h3-6H,7H2,1-2H3. The van der Waals surface area contributed by atoms with Crippen molar-refractivity contribution in [1.82, 2.24) is 24.4 Å². The lowest BCUT2D eigenvalue weighted by Gasteiger charge is -2.13. The van der Waals surface area contributed by atoms with E-state index in [1.807, 2.05) is 0 Å². The minimum absolute atomic E-state index is 0.0982. The first-order valence-corrected chi connectivity index (χ1v) is 6.94. The highest BCUT2D eigenvalue weighted by molar-refractivity contribution is 5.92. The maximum atomic E-state index is 12.5. The number of rotatable bonds is 4. The molecule has 0 radical (unpaired) electrons. The van der Waals surface area contributed by atoms with E-state index in [4.69, 9.17) is 4.74 Å². The molecular weight excluding hydrogens is 343 g/mol. The third-order valence-corrected chi connectivity index (χ3v) is 3.27. The van der Waals surface area contributed by atoms with E-state index < -0.39 is 12.1 Å². The van der Waals surface area contributed by atoms with Gasteiger partial charge in [0.1, 0.15) is 18.1 Å². The van der Waals surface area contributed by atoms with Gasteiger partial charge < -0.3 is 18.6 Å². The fraction of sp³-hybridized carbons (Fsp3) is 0.286. The number of imidazole rings is 1. The predicted octanol–water partition coefficient (Wildman–Crippen LogP) is 2.08. The second-order valence-corrected chi connectivity index (χ2v) is 5.15. The fourth-order valence-electron chi connectivity index (χ4n) is 2.13. The van der Waals surface area contributed by atoms with Gasteiger partial charge >= 0.3 is 12.1 Å². The molecule has 11 heteroatoms. The lowest BCUT2D eigenvalue weighted by atomic mass is 10.3. The third kappa shape index (κ3) is 3.31. The normalized spacial score (nSPS) is 11.9. The van der Waals surface area contributed by atoms with Gasteiger partial charge in [-0.3, -0.25) is 4.79 Å². The van der Waals surface area contributed by atoms with Crippen molar-refractivity contribution in [1.29, 1.82) is 0 Å². The number of alkyl halides is 3. The molecule has 0 aliphatic heterocycles. The summed E-state index contributed by atoms with van der Waals surface area (Å²) < 4.78 is 48.2. The first kappa shape index (κ1) is 16.9. The molecule has 0 aliphatic rings. The van der Waals surface area contributed by atoms with Crippen LogP contribution in [0, 0.1) is 0 Å². The fourth-order valence-corrected chi connectivity index (χ4v) is 2.13. The van der Waals surface area contributed by atoms with Crippen molar-refractivity contribution in [2.75, 3.05) is 20.9 Å². The molecule has 0 unspecified atom stereocenters. The number of aromatic nitrogens is 4. The minimum atomic E-state index is -4.71. The number of halogens is 3. The van der Waals surface area contributed by atoms with Gasteiger partial charge in [-0.05, 0) is 12.1 Å². The van der Waals surface area contributed by atoms with Crippen molar-refractivity contribution in [3.05, 3.63) is 36.1 Å². The number of ether oxygens (including phenoxy) is 1. The third-order valence-electron chi connectivity index (χ3n) is 3.27. The van der Waals surface area contributed by atoms with E-state index >= 15 is 0 Å². The molecule has 3 heterocycles. The summed E-state index contributed by atoms with van der Waals surface area (Å²) in [7, 11) is 3.01. The van der Waals surface area contributed by atoms with Crippen LogP contribution in [0.4, 0.5) is 13.2 Å². The Labute approximate surface area is 138 Å². The highest BCUT2D eigenvalue weighted by Crippen LogP contribution is 2.29. The van der Waals surface area contributed by atoms with Crippen molar-refractivity contribution in [3.63, 3.8) is 0 Å². The Morgan fingerprint density at radius 1 is 1.32 bits per heavy atom. The molecule has 0 fully saturated rings. The van der Waals surface area contributed by atoms with E-state index in [0.29, 0.717) is 5.65 Å². The Kier molecular flexibility index (Phi) is 4.17. The molecule has 0 aliphatic carbocycles. The molecule has 3 rings (SSSR count). The van der Waals surface area contributed by atoms with E-state index in [-0.39, 0.29) is 29.7 Å². The number of carbonyl (C=O) groups is 1. The molecular formula is C14H12F3N5O3. The zero-order valence-electron chi connectivity index (χ0n) is 13.1. The number of hydrogen-bond donors (Lipinski definition) is 0. The smallest absolute Gasteiger partial charge is 0.364 e. The van der Waals surface area contributed by atoms with Crippen molar-refractivity contribution < 1.29 is 27.2 Å². The number of carbonyl (C=O) groups excluding carboxylic acids is 1. The van der Waals surface area contributed by atoms with Crippen LogP contribution in [0.3, 0.4) is 0 Å². The minimum Gasteiger partial charge on any atom is -0.364 e. The van der Waals surface area contributed by atoms with E-state index in [0.717, 1.165) is 0 Å². The number of pyridine rings is 1. The molecule has 3 aromatic heterocycles. The molecule has 0 aromatic carbocycles. The molecule has 0 saturated carbocycles. The first-order valence-electron chi connectivity index (χ1n) is 6.94. The van der Waals surface area contributed by atoms with Crippen LogP contribution in [-0.4, -0.2) is 51.2 Å². The highest BCUT2D eigenvalue weighted by atomic mass is 19.4. The second-order valence-electron chi connectivity index (χ2n) is 5.15. The van der Waals surface area contributed by atoms with Crippen LogP contribution in [0.5, 0.6) is 0 Å². The van der Waals surface area contributed by atoms with Crippen LogP contribution in [0.15, 0.2) is 29.0 Å². The van der Waals surface area contributed by atoms with Crippen LogP contribution in [0.2, 0.25) is 0 Å². The Hall–Kier alpha value is -2.95. The van der Waals surface area contributed by atoms with Gasteiger partial charge in [0.05, 0.1) is 0 Å². The van der Waals surface area contributed by atoms with Gasteiger partial charge in [0, 0.05) is 32.1 Å². The summed E-state index contributed by atoms with van der Waals surface area (Å²) in [6.07, 6.45) is -1.80. The van der Waals surface area contributed by atoms with Gasteiger partial charge in [0.2, 0.25) is 5.82 Å². The van der Waals surface area contributed by atoms with Crippen molar-refractivity contribution in [2.24, 2.45) is 0 Å². The predicted molar refractivity (Wildman–Crippen MR) is 77.5 cm³/mol. The molecule has 0 bridgehead atoms. The molecule has 0 spiro atoms. The van der Waals surface area contributed by atoms with E-state index in [2.05, 4.69) is 19.6 Å². The monoisotopic (exact) mass is 355 g/mol. The van der Waals surface area contributed by atoms with Gasteiger partial charge in [-0.25, -0.2) is 4.98 Å². The van der Waals surface area contributed by atoms with Gasteiger partial charge in [-0.1, -0.05) is 5.16 Å². The molecule has 25 heavy (non-hydrogen) atoms. The van der Waals surface area contributed by atoms with Crippen LogP contribution in [0.1, 0.15) is 16.4 Å².